The molecule has 11 nitrogen and oxygen atoms in total. The van der Waals surface area contributed by atoms with Crippen molar-refractivity contribution in [3.63, 3.8) is 0 Å². The van der Waals surface area contributed by atoms with Crippen LogP contribution < -0.4 is 10.6 Å². The van der Waals surface area contributed by atoms with Crippen molar-refractivity contribution in [1.29, 1.82) is 0 Å². The molecule has 1 fully saturated rings. The molecule has 0 bridgehead atoms. The van der Waals surface area contributed by atoms with E-state index in [4.69, 9.17) is 0 Å². The van der Waals surface area contributed by atoms with E-state index in [0.29, 0.717) is 37.3 Å². The second-order valence-electron chi connectivity index (χ2n) is 9.77. The van der Waals surface area contributed by atoms with E-state index in [1.54, 1.807) is 13.8 Å². The summed E-state index contributed by atoms with van der Waals surface area (Å²) in [5, 5.41) is 21.5. The van der Waals surface area contributed by atoms with Crippen molar-refractivity contribution >= 4 is 29.2 Å². The summed E-state index contributed by atoms with van der Waals surface area (Å²) in [6.45, 7) is 3.52. The van der Waals surface area contributed by atoms with Gasteiger partial charge in [-0.15, -0.1) is 20.4 Å². The Hall–Kier alpha value is -3.89. The fourth-order valence-corrected chi connectivity index (χ4v) is 4.29. The maximum absolute atomic E-state index is 13.0. The Morgan fingerprint density at radius 2 is 1.68 bits per heavy atom. The van der Waals surface area contributed by atoms with Crippen LogP contribution in [0.25, 0.3) is 11.4 Å². The molecule has 0 radical (unpaired) electrons. The number of amides is 2. The molecule has 1 aliphatic carbocycles. The Labute approximate surface area is 221 Å². The number of ketones is 3. The predicted octanol–water partition coefficient (Wildman–Crippen LogP) is 2.21. The van der Waals surface area contributed by atoms with E-state index in [1.807, 2.05) is 24.3 Å². The lowest BCUT2D eigenvalue weighted by atomic mass is 9.85. The quantitative estimate of drug-likeness (QED) is 0.297. The van der Waals surface area contributed by atoms with E-state index in [9.17, 15) is 24.0 Å². The molecule has 3 rings (SSSR count). The Morgan fingerprint density at radius 3 is 2.34 bits per heavy atom. The zero-order valence-corrected chi connectivity index (χ0v) is 21.9. The minimum Gasteiger partial charge on any atom is -0.350 e. The van der Waals surface area contributed by atoms with Gasteiger partial charge >= 0.3 is 0 Å². The molecule has 2 aromatic rings. The van der Waals surface area contributed by atoms with Crippen LogP contribution in [0.15, 0.2) is 24.3 Å². The highest BCUT2D eigenvalue weighted by Crippen LogP contribution is 2.22. The van der Waals surface area contributed by atoms with E-state index in [2.05, 4.69) is 31.0 Å². The van der Waals surface area contributed by atoms with Gasteiger partial charge in [0.15, 0.2) is 17.4 Å². The summed E-state index contributed by atoms with van der Waals surface area (Å²) in [4.78, 5) is 60.1. The summed E-state index contributed by atoms with van der Waals surface area (Å²) >= 11 is 0. The molecule has 1 saturated carbocycles. The van der Waals surface area contributed by atoms with E-state index in [1.165, 1.54) is 0 Å². The lowest BCUT2D eigenvalue weighted by Crippen LogP contribution is -2.47. The van der Waals surface area contributed by atoms with Crippen molar-refractivity contribution < 1.29 is 24.0 Å². The summed E-state index contributed by atoms with van der Waals surface area (Å²) in [6.07, 6.45) is 3.93. The number of aryl methyl sites for hydroxylation is 1. The lowest BCUT2D eigenvalue weighted by Gasteiger charge is -2.22. The maximum atomic E-state index is 13.0. The fourth-order valence-electron chi connectivity index (χ4n) is 4.29. The standard InChI is InChI=1S/C27H34N6O5/c1-17(34)6-4-3-5-7-22(29-25(37)15-20-10-13-23(35)24(36)14-20)27(38)28-16-19-8-11-21(12-9-19)26-32-30-18(2)31-33-26/h8-9,11-12,20,22H,3-7,10,13-16H2,1-2H3,(H,28,38)(H,29,37). The van der Waals surface area contributed by atoms with Crippen LogP contribution >= 0.6 is 0 Å². The van der Waals surface area contributed by atoms with Crippen molar-refractivity contribution in [2.75, 3.05) is 0 Å². The molecule has 2 amide bonds. The molecule has 0 aliphatic heterocycles. The summed E-state index contributed by atoms with van der Waals surface area (Å²) in [5.74, 6) is -0.608. The first-order valence-corrected chi connectivity index (χ1v) is 13.0. The van der Waals surface area contributed by atoms with Crippen LogP contribution in [0.5, 0.6) is 0 Å². The monoisotopic (exact) mass is 522 g/mol. The van der Waals surface area contributed by atoms with Gasteiger partial charge in [-0.1, -0.05) is 37.1 Å². The van der Waals surface area contributed by atoms with Crippen LogP contribution in [0.3, 0.4) is 0 Å². The number of aromatic nitrogens is 4. The molecular formula is C27H34N6O5. The molecule has 2 atom stereocenters. The van der Waals surface area contributed by atoms with Gasteiger partial charge in [-0.05, 0) is 44.6 Å². The fraction of sp³-hybridized carbons (Fsp3) is 0.519. The molecule has 0 spiro atoms. The Kier molecular flexibility index (Phi) is 10.7. The summed E-state index contributed by atoms with van der Waals surface area (Å²) < 4.78 is 0. The van der Waals surface area contributed by atoms with Gasteiger partial charge in [-0.25, -0.2) is 0 Å². The largest absolute Gasteiger partial charge is 0.350 e. The topological polar surface area (TPSA) is 161 Å². The smallest absolute Gasteiger partial charge is 0.242 e. The average Bonchev–Trinajstić information content (AvgIpc) is 2.89. The molecule has 1 aromatic carbocycles. The number of unbranched alkanes of at least 4 members (excludes halogenated alkanes) is 2. The molecule has 0 saturated heterocycles. The first-order valence-electron chi connectivity index (χ1n) is 13.0. The number of hydrogen-bond donors (Lipinski definition) is 2. The first-order chi connectivity index (χ1) is 18.2. The third kappa shape index (κ3) is 9.20. The van der Waals surface area contributed by atoms with Gasteiger partial charge in [0.1, 0.15) is 11.8 Å². The minimum absolute atomic E-state index is 0.0733. The molecule has 38 heavy (non-hydrogen) atoms. The second kappa shape index (κ2) is 14.2. The number of nitrogens with zero attached hydrogens (tertiary/aromatic N) is 4. The van der Waals surface area contributed by atoms with Gasteiger partial charge in [-0.3, -0.25) is 19.2 Å². The van der Waals surface area contributed by atoms with Crippen molar-refractivity contribution in [3.05, 3.63) is 35.7 Å². The van der Waals surface area contributed by atoms with Crippen LogP contribution in [0.2, 0.25) is 0 Å². The molecule has 1 aromatic heterocycles. The molecule has 2 N–H and O–H groups in total. The van der Waals surface area contributed by atoms with Gasteiger partial charge < -0.3 is 15.4 Å². The Morgan fingerprint density at radius 1 is 0.974 bits per heavy atom. The molecule has 1 heterocycles. The first kappa shape index (κ1) is 28.7. The summed E-state index contributed by atoms with van der Waals surface area (Å²) in [6, 6.07) is 6.59. The average molecular weight is 523 g/mol. The van der Waals surface area contributed by atoms with Crippen molar-refractivity contribution in [2.45, 2.75) is 84.2 Å². The van der Waals surface area contributed by atoms with Gasteiger partial charge in [0.2, 0.25) is 17.6 Å². The van der Waals surface area contributed by atoms with Crippen LogP contribution in [0.4, 0.5) is 0 Å². The number of rotatable bonds is 13. The van der Waals surface area contributed by atoms with Crippen molar-refractivity contribution in [1.82, 2.24) is 31.0 Å². The summed E-state index contributed by atoms with van der Waals surface area (Å²) in [5.41, 5.74) is 1.60. The minimum atomic E-state index is -0.738. The van der Waals surface area contributed by atoms with Gasteiger partial charge in [0.05, 0.1) is 0 Å². The SMILES string of the molecule is CC(=O)CCCCCC(NC(=O)CC1CCC(=O)C(=O)C1)C(=O)NCc1ccc(-c2nnc(C)nn2)cc1. The third-order valence-corrected chi connectivity index (χ3v) is 6.47. The molecule has 11 heteroatoms. The number of benzene rings is 1. The third-order valence-electron chi connectivity index (χ3n) is 6.47. The van der Waals surface area contributed by atoms with Crippen LogP contribution in [-0.2, 0) is 30.5 Å². The van der Waals surface area contributed by atoms with Crippen molar-refractivity contribution in [2.24, 2.45) is 5.92 Å². The van der Waals surface area contributed by atoms with Gasteiger partial charge in [0, 0.05) is 37.8 Å². The molecule has 202 valence electrons. The van der Waals surface area contributed by atoms with Gasteiger partial charge in [0.25, 0.3) is 0 Å². The normalized spacial score (nSPS) is 16.1. The second-order valence-corrected chi connectivity index (χ2v) is 9.77. The highest BCUT2D eigenvalue weighted by molar-refractivity contribution is 6.37. The van der Waals surface area contributed by atoms with E-state index < -0.39 is 11.8 Å². The van der Waals surface area contributed by atoms with Crippen LogP contribution in [0, 0.1) is 12.8 Å². The molecule has 1 aliphatic rings. The van der Waals surface area contributed by atoms with E-state index >= 15 is 0 Å². The van der Waals surface area contributed by atoms with Crippen molar-refractivity contribution in [3.8, 4) is 11.4 Å². The zero-order chi connectivity index (χ0) is 27.5. The molecular weight excluding hydrogens is 488 g/mol. The van der Waals surface area contributed by atoms with E-state index in [-0.39, 0.29) is 55.1 Å². The number of Topliss-reactive ketones (excluding diaryl/α,β-unsaturated/α-hetero) is 3. The van der Waals surface area contributed by atoms with Crippen LogP contribution in [0.1, 0.15) is 76.1 Å². The highest BCUT2D eigenvalue weighted by Gasteiger charge is 2.29. The number of carbonyl (C=O) groups excluding carboxylic acids is 5. The zero-order valence-electron chi connectivity index (χ0n) is 21.9. The summed E-state index contributed by atoms with van der Waals surface area (Å²) in [7, 11) is 0. The van der Waals surface area contributed by atoms with Crippen LogP contribution in [-0.4, -0.2) is 55.6 Å². The maximum Gasteiger partial charge on any atom is 0.242 e. The highest BCUT2D eigenvalue weighted by atomic mass is 16.2. The number of nitrogens with one attached hydrogen (secondary N) is 2. The number of carbonyl (C=O) groups is 5. The Bertz CT molecular complexity index is 1150. The number of hydrogen-bond acceptors (Lipinski definition) is 9. The predicted molar refractivity (Wildman–Crippen MR) is 137 cm³/mol. The Balaban J connectivity index is 1.55. The van der Waals surface area contributed by atoms with E-state index in [0.717, 1.165) is 24.0 Å². The lowest BCUT2D eigenvalue weighted by molar-refractivity contribution is -0.139. The van der Waals surface area contributed by atoms with Gasteiger partial charge in [-0.2, -0.15) is 0 Å². The molecule has 2 unspecified atom stereocenters.